The molecule has 0 bridgehead atoms. The molecule has 3 aliphatic heterocycles. The molecule has 196 valence electrons. The van der Waals surface area contributed by atoms with Gasteiger partial charge in [0.05, 0.1) is 35.8 Å². The third kappa shape index (κ3) is 5.59. The molecule has 3 aliphatic rings. The van der Waals surface area contributed by atoms with Crippen LogP contribution in [0.15, 0.2) is 30.3 Å². The van der Waals surface area contributed by atoms with Crippen LogP contribution in [0.25, 0.3) is 5.57 Å². The van der Waals surface area contributed by atoms with Crippen LogP contribution >= 0.6 is 23.4 Å². The van der Waals surface area contributed by atoms with Gasteiger partial charge in [-0.2, -0.15) is 5.26 Å². The third-order valence-corrected chi connectivity index (χ3v) is 8.21. The highest BCUT2D eigenvalue weighted by Crippen LogP contribution is 2.32. The minimum Gasteiger partial charge on any atom is -0.388 e. The van der Waals surface area contributed by atoms with Crippen molar-refractivity contribution in [1.29, 1.82) is 5.26 Å². The Morgan fingerprint density at radius 1 is 1.25 bits per heavy atom. The fourth-order valence-corrected chi connectivity index (χ4v) is 5.97. The number of nitrogens with zero attached hydrogens (tertiary/aromatic N) is 1. The lowest BCUT2D eigenvalue weighted by Gasteiger charge is -2.44. The van der Waals surface area contributed by atoms with Crippen LogP contribution in [0.2, 0.25) is 0 Å². The van der Waals surface area contributed by atoms with E-state index >= 15 is 0 Å². The molecule has 2 saturated heterocycles. The average molecular weight is 538 g/mol. The van der Waals surface area contributed by atoms with E-state index in [4.69, 9.17) is 26.3 Å². The van der Waals surface area contributed by atoms with E-state index in [1.807, 2.05) is 12.1 Å². The van der Waals surface area contributed by atoms with Crippen LogP contribution in [-0.4, -0.2) is 94.1 Å². The highest BCUT2D eigenvalue weighted by molar-refractivity contribution is 7.99. The number of hydrogen-bond donors (Lipinski definition) is 5. The number of hydrogen-bond acceptors (Lipinski definition) is 9. The molecule has 5 N–H and O–H groups in total. The van der Waals surface area contributed by atoms with Gasteiger partial charge in [0, 0.05) is 12.5 Å². The molecule has 11 heteroatoms. The maximum Gasteiger partial charge on any atom is 0.240 e. The third-order valence-electron chi connectivity index (χ3n) is 7.08. The monoisotopic (exact) mass is 537 g/mol. The number of aliphatic hydroxyl groups is 3. The van der Waals surface area contributed by atoms with Gasteiger partial charge >= 0.3 is 0 Å². The molecule has 0 radical (unpaired) electrons. The van der Waals surface area contributed by atoms with Crippen molar-refractivity contribution >= 4 is 34.8 Å². The largest absolute Gasteiger partial charge is 0.388 e. The summed E-state index contributed by atoms with van der Waals surface area (Å²) in [6.07, 6.45) is -0.973. The van der Waals surface area contributed by atoms with Gasteiger partial charge in [0.25, 0.3) is 0 Å². The number of rotatable bonds is 6. The standard InChI is InChI=1S/C25H32ClN3O6S/c1-12(26)17(23-20(31)19(30)21(32)25(35-23)36-2)29-24(33)18-22-16(11-28-18)9-15(7-8-34-22)14-5-3-13(10-27)4-6-14/h3-6,9,12,16-23,25,28,30-32H,7-8,11H2,1-2H3,(H,29,33)/t12-,16-,17+,18-,19?,20?,21?,22+,23?,25?/m0/s1. The molecule has 1 aromatic rings. The van der Waals surface area contributed by atoms with E-state index in [9.17, 15) is 20.1 Å². The lowest BCUT2D eigenvalue weighted by molar-refractivity contribution is -0.205. The van der Waals surface area contributed by atoms with E-state index in [1.165, 1.54) is 11.8 Å². The van der Waals surface area contributed by atoms with Gasteiger partial charge in [0.1, 0.15) is 35.9 Å². The maximum absolute atomic E-state index is 13.4. The Morgan fingerprint density at radius 3 is 2.61 bits per heavy atom. The second kappa shape index (κ2) is 11.8. The van der Waals surface area contributed by atoms with Gasteiger partial charge in [-0.15, -0.1) is 23.4 Å². The summed E-state index contributed by atoms with van der Waals surface area (Å²) >= 11 is 7.60. The molecule has 0 aliphatic carbocycles. The first-order valence-electron chi connectivity index (χ1n) is 12.0. The quantitative estimate of drug-likeness (QED) is 0.329. The van der Waals surface area contributed by atoms with Crippen LogP contribution in [0.4, 0.5) is 0 Å². The fraction of sp³-hybridized carbons (Fsp3) is 0.600. The van der Waals surface area contributed by atoms with Crippen LogP contribution in [0.1, 0.15) is 24.5 Å². The highest BCUT2D eigenvalue weighted by Gasteiger charge is 2.49. The van der Waals surface area contributed by atoms with Gasteiger partial charge in [0.2, 0.25) is 5.91 Å². The minimum atomic E-state index is -1.43. The van der Waals surface area contributed by atoms with Gasteiger partial charge in [-0.05, 0) is 42.9 Å². The van der Waals surface area contributed by atoms with Crippen molar-refractivity contribution in [3.05, 3.63) is 41.5 Å². The van der Waals surface area contributed by atoms with Crippen molar-refractivity contribution < 1.29 is 29.6 Å². The Balaban J connectivity index is 1.47. The topological polar surface area (TPSA) is 144 Å². The number of carbonyl (C=O) groups excluding carboxylic acids is 1. The number of thioether (sulfide) groups is 1. The normalized spacial score (nSPS) is 36.1. The molecule has 10 atom stereocenters. The van der Waals surface area contributed by atoms with Gasteiger partial charge in [0.15, 0.2) is 0 Å². The van der Waals surface area contributed by atoms with Crippen LogP contribution in [0.3, 0.4) is 0 Å². The summed E-state index contributed by atoms with van der Waals surface area (Å²) in [7, 11) is 0. The number of ether oxygens (including phenoxy) is 2. The number of fused-ring (bicyclic) bond motifs is 1. The predicted octanol–water partition coefficient (Wildman–Crippen LogP) is 0.601. The maximum atomic E-state index is 13.4. The summed E-state index contributed by atoms with van der Waals surface area (Å²) in [6.45, 7) is 2.66. The van der Waals surface area contributed by atoms with Crippen LogP contribution < -0.4 is 10.6 Å². The number of aliphatic hydroxyl groups excluding tert-OH is 3. The highest BCUT2D eigenvalue weighted by atomic mass is 35.5. The molecule has 5 unspecified atom stereocenters. The van der Waals surface area contributed by atoms with E-state index in [0.717, 1.165) is 11.1 Å². The summed E-state index contributed by atoms with van der Waals surface area (Å²) in [5.41, 5.74) is 1.96. The first-order chi connectivity index (χ1) is 17.2. The summed E-state index contributed by atoms with van der Waals surface area (Å²) < 4.78 is 12.0. The van der Waals surface area contributed by atoms with Crippen molar-refractivity contribution in [3.63, 3.8) is 0 Å². The molecule has 9 nitrogen and oxygen atoms in total. The zero-order valence-corrected chi connectivity index (χ0v) is 21.7. The average Bonchev–Trinajstić information content (AvgIpc) is 3.16. The Morgan fingerprint density at radius 2 is 1.97 bits per heavy atom. The van der Waals surface area contributed by atoms with E-state index < -0.39 is 53.4 Å². The molecule has 0 spiro atoms. The molecular weight excluding hydrogens is 506 g/mol. The molecular formula is C25H32ClN3O6S. The Bertz CT molecular complexity index is 1000. The van der Waals surface area contributed by atoms with E-state index in [0.29, 0.717) is 25.1 Å². The zero-order valence-electron chi connectivity index (χ0n) is 20.1. The van der Waals surface area contributed by atoms with E-state index in [1.54, 1.807) is 25.3 Å². The van der Waals surface area contributed by atoms with Crippen molar-refractivity contribution in [3.8, 4) is 6.07 Å². The Labute approximate surface area is 219 Å². The molecule has 0 aromatic heterocycles. The minimum absolute atomic E-state index is 0.0323. The lowest BCUT2D eigenvalue weighted by Crippen LogP contribution is -2.65. The number of nitriles is 1. The molecule has 1 amide bonds. The smallest absolute Gasteiger partial charge is 0.240 e. The summed E-state index contributed by atoms with van der Waals surface area (Å²) in [5.74, 6) is -0.373. The summed E-state index contributed by atoms with van der Waals surface area (Å²) in [4.78, 5) is 13.4. The van der Waals surface area contributed by atoms with Crippen LogP contribution in [0, 0.1) is 17.2 Å². The predicted molar refractivity (Wildman–Crippen MR) is 136 cm³/mol. The number of carbonyl (C=O) groups is 1. The first-order valence-corrected chi connectivity index (χ1v) is 13.7. The van der Waals surface area contributed by atoms with Gasteiger partial charge < -0.3 is 35.4 Å². The van der Waals surface area contributed by atoms with Crippen molar-refractivity contribution in [2.45, 2.75) is 66.8 Å². The lowest BCUT2D eigenvalue weighted by atomic mass is 9.92. The van der Waals surface area contributed by atoms with E-state index in [2.05, 4.69) is 22.8 Å². The second-order valence-corrected chi connectivity index (χ2v) is 11.0. The van der Waals surface area contributed by atoms with Crippen LogP contribution in [0.5, 0.6) is 0 Å². The molecule has 2 fully saturated rings. The summed E-state index contributed by atoms with van der Waals surface area (Å²) in [6, 6.07) is 8.09. The Hall–Kier alpha value is -1.68. The fourth-order valence-electron chi connectivity index (χ4n) is 5.08. The van der Waals surface area contributed by atoms with Gasteiger partial charge in [-0.3, -0.25) is 4.79 Å². The zero-order chi connectivity index (χ0) is 26.0. The Kier molecular flexibility index (Phi) is 8.96. The molecule has 3 heterocycles. The second-order valence-electron chi connectivity index (χ2n) is 9.40. The molecule has 1 aromatic carbocycles. The van der Waals surface area contributed by atoms with Crippen molar-refractivity contribution in [2.24, 2.45) is 5.92 Å². The molecule has 4 rings (SSSR count). The SMILES string of the molecule is CSC1OC([C@H](NC(=O)[C@H]2NC[C@@H]3C=C(c4ccc(C#N)cc4)CCO[C@@H]23)[C@H](C)Cl)C(O)C(O)C1O. The number of benzene rings is 1. The number of halogens is 1. The molecule has 36 heavy (non-hydrogen) atoms. The van der Waals surface area contributed by atoms with Gasteiger partial charge in [-0.1, -0.05) is 18.2 Å². The first kappa shape index (κ1) is 27.4. The van der Waals surface area contributed by atoms with Crippen molar-refractivity contribution in [1.82, 2.24) is 10.6 Å². The van der Waals surface area contributed by atoms with E-state index in [-0.39, 0.29) is 11.8 Å². The van der Waals surface area contributed by atoms with Crippen LogP contribution in [-0.2, 0) is 14.3 Å². The number of nitrogens with one attached hydrogen (secondary N) is 2. The summed E-state index contributed by atoms with van der Waals surface area (Å²) in [5, 5.41) is 45.6. The van der Waals surface area contributed by atoms with Gasteiger partial charge in [-0.25, -0.2) is 0 Å². The number of alkyl halides is 1. The molecule has 0 saturated carbocycles. The van der Waals surface area contributed by atoms with Crippen molar-refractivity contribution in [2.75, 3.05) is 19.4 Å². The number of amides is 1.